The predicted octanol–water partition coefficient (Wildman–Crippen LogP) is 2.88. The van der Waals surface area contributed by atoms with Gasteiger partial charge >= 0.3 is 0 Å². The van der Waals surface area contributed by atoms with Crippen LogP contribution in [0, 0.1) is 0 Å². The van der Waals surface area contributed by atoms with Crippen molar-refractivity contribution in [3.63, 3.8) is 0 Å². The molecule has 0 amide bonds. The highest BCUT2D eigenvalue weighted by atomic mass is 32.2. The van der Waals surface area contributed by atoms with E-state index < -0.39 is 26.1 Å². The van der Waals surface area contributed by atoms with Gasteiger partial charge in [0.05, 0.1) is 35.5 Å². The minimum atomic E-state index is -4.98. The summed E-state index contributed by atoms with van der Waals surface area (Å²) in [6.45, 7) is 2.14. The molecule has 0 saturated carbocycles. The first-order chi connectivity index (χ1) is 17.1. The highest BCUT2D eigenvalue weighted by Crippen LogP contribution is 2.51. The molecule has 10 nitrogen and oxygen atoms in total. The van der Waals surface area contributed by atoms with E-state index in [9.17, 15) is 17.8 Å². The molecule has 0 spiro atoms. The lowest BCUT2D eigenvalue weighted by molar-refractivity contribution is 0.0867. The summed E-state index contributed by atoms with van der Waals surface area (Å²) in [6.07, 6.45) is 0.0730. The zero-order valence-corrected chi connectivity index (χ0v) is 22.2. The van der Waals surface area contributed by atoms with Gasteiger partial charge in [0.1, 0.15) is 0 Å². The largest absolute Gasteiger partial charge is 0.493 e. The SMILES string of the molecule is CCC(C(=O)c1cc(OC)c(OC)c(OC)c1)(C1(c2ccc(OC)c(OC)c2)CCNC1)S(=O)(=O)O. The van der Waals surface area contributed by atoms with E-state index in [0.29, 0.717) is 23.6 Å². The molecule has 1 saturated heterocycles. The van der Waals surface area contributed by atoms with Gasteiger partial charge in [-0.1, -0.05) is 13.0 Å². The minimum Gasteiger partial charge on any atom is -0.493 e. The topological polar surface area (TPSA) is 130 Å². The number of Topliss-reactive ketones (excluding diaryl/α,β-unsaturated/α-hetero) is 1. The van der Waals surface area contributed by atoms with E-state index in [2.05, 4.69) is 5.32 Å². The number of rotatable bonds is 11. The van der Waals surface area contributed by atoms with Gasteiger partial charge in [-0.15, -0.1) is 0 Å². The van der Waals surface area contributed by atoms with Crippen LogP contribution in [0.25, 0.3) is 0 Å². The summed E-state index contributed by atoms with van der Waals surface area (Å²) in [5.41, 5.74) is -0.812. The Bertz CT molecular complexity index is 1200. The third kappa shape index (κ3) is 4.14. The summed E-state index contributed by atoms with van der Waals surface area (Å²) in [5, 5.41) is 3.19. The maximum atomic E-state index is 14.3. The normalized spacial score (nSPS) is 19.3. The van der Waals surface area contributed by atoms with Crippen LogP contribution in [-0.4, -0.2) is 72.1 Å². The lowest BCUT2D eigenvalue weighted by Gasteiger charge is -2.45. The van der Waals surface area contributed by atoms with Crippen molar-refractivity contribution in [2.45, 2.75) is 29.9 Å². The maximum Gasteiger partial charge on any atom is 0.279 e. The van der Waals surface area contributed by atoms with Gasteiger partial charge in [0.25, 0.3) is 10.1 Å². The number of hydrogen-bond acceptors (Lipinski definition) is 9. The highest BCUT2D eigenvalue weighted by molar-refractivity contribution is 7.88. The molecule has 0 bridgehead atoms. The van der Waals surface area contributed by atoms with Gasteiger partial charge in [0.15, 0.2) is 33.5 Å². The maximum absolute atomic E-state index is 14.3. The van der Waals surface area contributed by atoms with Crippen molar-refractivity contribution in [1.82, 2.24) is 5.32 Å². The van der Waals surface area contributed by atoms with Crippen molar-refractivity contribution in [2.24, 2.45) is 0 Å². The van der Waals surface area contributed by atoms with Crippen LogP contribution >= 0.6 is 0 Å². The summed E-state index contributed by atoms with van der Waals surface area (Å²) in [7, 11) is 2.20. The monoisotopic (exact) mass is 523 g/mol. The number of benzene rings is 2. The third-order valence-corrected chi connectivity index (χ3v) is 8.84. The third-order valence-electron chi connectivity index (χ3n) is 7.10. The second-order valence-electron chi connectivity index (χ2n) is 8.48. The van der Waals surface area contributed by atoms with Crippen LogP contribution < -0.4 is 29.0 Å². The van der Waals surface area contributed by atoms with Crippen molar-refractivity contribution >= 4 is 15.9 Å². The molecule has 2 unspecified atom stereocenters. The van der Waals surface area contributed by atoms with Crippen LogP contribution in [0.15, 0.2) is 30.3 Å². The number of methoxy groups -OCH3 is 5. The van der Waals surface area contributed by atoms with E-state index >= 15 is 0 Å². The Morgan fingerprint density at radius 1 is 0.944 bits per heavy atom. The fraction of sp³-hybridized carbons (Fsp3) is 0.480. The van der Waals surface area contributed by atoms with Crippen molar-refractivity contribution < 1.29 is 41.4 Å². The molecule has 0 aliphatic carbocycles. The number of carbonyl (C=O) groups is 1. The first kappa shape index (κ1) is 27.6. The summed E-state index contributed by atoms with van der Waals surface area (Å²) < 4.78 is 62.1. The van der Waals surface area contributed by atoms with Crippen LogP contribution in [0.5, 0.6) is 28.7 Å². The van der Waals surface area contributed by atoms with Crippen LogP contribution in [-0.2, 0) is 15.5 Å². The number of hydrogen-bond donors (Lipinski definition) is 2. The molecule has 1 fully saturated rings. The zero-order chi connectivity index (χ0) is 26.7. The zero-order valence-electron chi connectivity index (χ0n) is 21.3. The van der Waals surface area contributed by atoms with Gasteiger partial charge in [-0.3, -0.25) is 9.35 Å². The smallest absolute Gasteiger partial charge is 0.279 e. The average molecular weight is 524 g/mol. The molecule has 1 aliphatic rings. The standard InChI is InChI=1S/C25H33NO9S/c1-7-25(36(28,29)30,23(27)16-12-20(33-4)22(35-6)21(13-16)34-5)24(10-11-26-15-24)17-8-9-18(31-2)19(14-17)32-3/h8-9,12-14,26H,7,10-11,15H2,1-6H3,(H,28,29,30). The first-order valence-electron chi connectivity index (χ1n) is 11.4. The lowest BCUT2D eigenvalue weighted by Crippen LogP contribution is -2.62. The Labute approximate surface area is 211 Å². The summed E-state index contributed by atoms with van der Waals surface area (Å²) in [6, 6.07) is 7.80. The quantitative estimate of drug-likeness (QED) is 0.335. The van der Waals surface area contributed by atoms with Gasteiger partial charge in [0, 0.05) is 17.5 Å². The molecular formula is C25H33NO9S. The molecule has 11 heteroatoms. The van der Waals surface area contributed by atoms with Crippen molar-refractivity contribution in [1.29, 1.82) is 0 Å². The number of nitrogens with one attached hydrogen (secondary N) is 1. The second kappa shape index (κ2) is 10.5. The molecular weight excluding hydrogens is 490 g/mol. The molecule has 0 radical (unpaired) electrons. The van der Waals surface area contributed by atoms with Crippen molar-refractivity contribution in [2.75, 3.05) is 48.6 Å². The Kier molecular flexibility index (Phi) is 8.07. The molecule has 36 heavy (non-hydrogen) atoms. The van der Waals surface area contributed by atoms with Crippen molar-refractivity contribution in [3.8, 4) is 28.7 Å². The molecule has 1 aliphatic heterocycles. The molecule has 2 aromatic carbocycles. The van der Waals surface area contributed by atoms with E-state index in [1.54, 1.807) is 25.1 Å². The van der Waals surface area contributed by atoms with E-state index in [0.717, 1.165) is 0 Å². The fourth-order valence-electron chi connectivity index (χ4n) is 5.36. The fourth-order valence-corrected chi connectivity index (χ4v) is 6.86. The number of carbonyl (C=O) groups excluding carboxylic acids is 1. The Morgan fingerprint density at radius 2 is 1.53 bits per heavy atom. The van der Waals surface area contributed by atoms with E-state index in [1.165, 1.54) is 47.7 Å². The molecule has 198 valence electrons. The minimum absolute atomic E-state index is 0.00396. The molecule has 3 rings (SSSR count). The molecule has 2 N–H and O–H groups in total. The van der Waals surface area contributed by atoms with Crippen molar-refractivity contribution in [3.05, 3.63) is 41.5 Å². The predicted molar refractivity (Wildman–Crippen MR) is 134 cm³/mol. The van der Waals surface area contributed by atoms with E-state index in [-0.39, 0.29) is 42.2 Å². The molecule has 2 atom stereocenters. The summed E-state index contributed by atoms with van der Waals surface area (Å²) >= 11 is 0. The van der Waals surface area contributed by atoms with Gasteiger partial charge in [-0.05, 0) is 49.2 Å². The van der Waals surface area contributed by atoms with Crippen LogP contribution in [0.1, 0.15) is 35.7 Å². The first-order valence-corrected chi connectivity index (χ1v) is 12.8. The summed E-state index contributed by atoms with van der Waals surface area (Å²) in [4.78, 5) is 14.3. The van der Waals surface area contributed by atoms with Crippen LogP contribution in [0.4, 0.5) is 0 Å². The molecule has 2 aromatic rings. The highest BCUT2D eigenvalue weighted by Gasteiger charge is 2.65. The van der Waals surface area contributed by atoms with Gasteiger partial charge in [0.2, 0.25) is 5.75 Å². The molecule has 1 heterocycles. The van der Waals surface area contributed by atoms with Crippen LogP contribution in [0.2, 0.25) is 0 Å². The Hall–Kier alpha value is -3.02. The van der Waals surface area contributed by atoms with Gasteiger partial charge in [-0.25, -0.2) is 0 Å². The van der Waals surface area contributed by atoms with Crippen LogP contribution in [0.3, 0.4) is 0 Å². The number of ether oxygens (including phenoxy) is 5. The Balaban J connectivity index is 2.36. The molecule has 0 aromatic heterocycles. The van der Waals surface area contributed by atoms with E-state index in [1.807, 2.05) is 0 Å². The summed E-state index contributed by atoms with van der Waals surface area (Å²) in [5.74, 6) is 0.664. The van der Waals surface area contributed by atoms with Gasteiger partial charge < -0.3 is 29.0 Å². The van der Waals surface area contributed by atoms with Gasteiger partial charge in [-0.2, -0.15) is 8.42 Å². The lowest BCUT2D eigenvalue weighted by atomic mass is 9.65. The number of ketones is 1. The average Bonchev–Trinajstić information content (AvgIpc) is 3.38. The Morgan fingerprint density at radius 3 is 1.94 bits per heavy atom. The second-order valence-corrected chi connectivity index (χ2v) is 10.1. The van der Waals surface area contributed by atoms with E-state index in [4.69, 9.17) is 23.7 Å².